The number of H-pyrrole nitrogens is 1. The van der Waals surface area contributed by atoms with Gasteiger partial charge in [0, 0.05) is 11.3 Å². The normalized spacial score (nSPS) is 10.6. The molecule has 0 saturated carbocycles. The van der Waals surface area contributed by atoms with Gasteiger partial charge in [0.05, 0.1) is 13.7 Å². The summed E-state index contributed by atoms with van der Waals surface area (Å²) in [5, 5.41) is 7.91. The Morgan fingerprint density at radius 1 is 1.00 bits per heavy atom. The van der Waals surface area contributed by atoms with Gasteiger partial charge in [-0.3, -0.25) is 5.10 Å². The number of methoxy groups -OCH3 is 1. The average Bonchev–Trinajstić information content (AvgIpc) is 3.09. The van der Waals surface area contributed by atoms with E-state index in [1.165, 1.54) is 5.56 Å². The first-order valence-corrected chi connectivity index (χ1v) is 8.62. The minimum atomic E-state index is 0.611. The summed E-state index contributed by atoms with van der Waals surface area (Å²) in [7, 11) is 1.65. The summed E-state index contributed by atoms with van der Waals surface area (Å²) in [5.41, 5.74) is 2.20. The molecule has 5 nitrogen and oxygen atoms in total. The molecule has 0 aliphatic heterocycles. The highest BCUT2D eigenvalue weighted by Gasteiger charge is 2.06. The molecular weight excluding hydrogens is 322 g/mol. The van der Waals surface area contributed by atoms with Crippen LogP contribution in [0, 0.1) is 6.92 Å². The van der Waals surface area contributed by atoms with Crippen molar-refractivity contribution in [3.05, 3.63) is 54.1 Å². The van der Waals surface area contributed by atoms with Gasteiger partial charge in [0.25, 0.3) is 0 Å². The van der Waals surface area contributed by atoms with Gasteiger partial charge >= 0.3 is 0 Å². The molecule has 1 N–H and O–H groups in total. The highest BCUT2D eigenvalue weighted by Crippen LogP contribution is 2.21. The SMILES string of the molecule is COc1ccc(-c2nc(SCCOc3ccc(C)cc3)n[nH]2)cc1. The fraction of sp³-hybridized carbons (Fsp3) is 0.222. The van der Waals surface area contributed by atoms with Crippen LogP contribution >= 0.6 is 11.8 Å². The van der Waals surface area contributed by atoms with Gasteiger partial charge in [0.2, 0.25) is 5.16 Å². The topological polar surface area (TPSA) is 60.0 Å². The molecule has 0 saturated heterocycles. The zero-order chi connectivity index (χ0) is 16.8. The van der Waals surface area contributed by atoms with Crippen molar-refractivity contribution < 1.29 is 9.47 Å². The molecule has 0 amide bonds. The molecule has 0 radical (unpaired) electrons. The third kappa shape index (κ3) is 4.29. The number of benzene rings is 2. The Labute approximate surface area is 145 Å². The Morgan fingerprint density at radius 3 is 2.42 bits per heavy atom. The zero-order valence-electron chi connectivity index (χ0n) is 13.7. The monoisotopic (exact) mass is 341 g/mol. The summed E-state index contributed by atoms with van der Waals surface area (Å²) in [5.74, 6) is 3.24. The minimum absolute atomic E-state index is 0.611. The summed E-state index contributed by atoms with van der Waals surface area (Å²) in [6.45, 7) is 2.67. The van der Waals surface area contributed by atoms with E-state index in [2.05, 4.69) is 22.1 Å². The lowest BCUT2D eigenvalue weighted by atomic mass is 10.2. The second-order valence-corrected chi connectivity index (χ2v) is 6.27. The van der Waals surface area contributed by atoms with Crippen molar-refractivity contribution >= 4 is 11.8 Å². The van der Waals surface area contributed by atoms with E-state index in [1.807, 2.05) is 48.5 Å². The third-order valence-corrected chi connectivity index (χ3v) is 4.24. The summed E-state index contributed by atoms with van der Waals surface area (Å²) < 4.78 is 10.9. The van der Waals surface area contributed by atoms with Gasteiger partial charge in [-0.15, -0.1) is 5.10 Å². The lowest BCUT2D eigenvalue weighted by Crippen LogP contribution is -2.00. The molecule has 0 bridgehead atoms. The summed E-state index contributed by atoms with van der Waals surface area (Å²) in [6.07, 6.45) is 0. The van der Waals surface area contributed by atoms with Crippen LogP contribution in [-0.2, 0) is 0 Å². The minimum Gasteiger partial charge on any atom is -0.497 e. The van der Waals surface area contributed by atoms with Crippen LogP contribution in [-0.4, -0.2) is 34.7 Å². The van der Waals surface area contributed by atoms with Crippen LogP contribution in [0.5, 0.6) is 11.5 Å². The molecule has 0 atom stereocenters. The van der Waals surface area contributed by atoms with Gasteiger partial charge < -0.3 is 9.47 Å². The van der Waals surface area contributed by atoms with E-state index >= 15 is 0 Å². The second kappa shape index (κ2) is 7.88. The number of thioether (sulfide) groups is 1. The van der Waals surface area contributed by atoms with Crippen LogP contribution in [0.3, 0.4) is 0 Å². The number of nitrogens with one attached hydrogen (secondary N) is 1. The Hall–Kier alpha value is -2.47. The van der Waals surface area contributed by atoms with E-state index in [-0.39, 0.29) is 0 Å². The Kier molecular flexibility index (Phi) is 5.38. The number of ether oxygens (including phenoxy) is 2. The van der Waals surface area contributed by atoms with Crippen molar-refractivity contribution in [3.8, 4) is 22.9 Å². The van der Waals surface area contributed by atoms with E-state index < -0.39 is 0 Å². The predicted octanol–water partition coefficient (Wildman–Crippen LogP) is 3.96. The van der Waals surface area contributed by atoms with Crippen LogP contribution in [0.4, 0.5) is 0 Å². The van der Waals surface area contributed by atoms with Crippen LogP contribution in [0.2, 0.25) is 0 Å². The van der Waals surface area contributed by atoms with Crippen LogP contribution in [0.15, 0.2) is 53.7 Å². The molecule has 1 heterocycles. The molecule has 3 rings (SSSR count). The van der Waals surface area contributed by atoms with Gasteiger partial charge in [-0.1, -0.05) is 29.5 Å². The van der Waals surface area contributed by atoms with Crippen LogP contribution < -0.4 is 9.47 Å². The molecule has 24 heavy (non-hydrogen) atoms. The molecule has 0 aliphatic carbocycles. The van der Waals surface area contributed by atoms with Gasteiger partial charge in [-0.05, 0) is 43.3 Å². The maximum atomic E-state index is 5.70. The fourth-order valence-electron chi connectivity index (χ4n) is 2.12. The van der Waals surface area contributed by atoms with Crippen LogP contribution in [0.25, 0.3) is 11.4 Å². The molecular formula is C18H19N3O2S. The number of rotatable bonds is 7. The number of aromatic amines is 1. The van der Waals surface area contributed by atoms with Crippen molar-refractivity contribution in [2.75, 3.05) is 19.5 Å². The van der Waals surface area contributed by atoms with E-state index in [4.69, 9.17) is 9.47 Å². The molecule has 0 fully saturated rings. The lowest BCUT2D eigenvalue weighted by molar-refractivity contribution is 0.344. The fourth-order valence-corrected chi connectivity index (χ4v) is 2.73. The number of aromatic nitrogens is 3. The molecule has 0 unspecified atom stereocenters. The van der Waals surface area contributed by atoms with Gasteiger partial charge in [-0.2, -0.15) is 0 Å². The van der Waals surface area contributed by atoms with Crippen molar-refractivity contribution in [2.24, 2.45) is 0 Å². The summed E-state index contributed by atoms with van der Waals surface area (Å²) in [6, 6.07) is 15.8. The highest BCUT2D eigenvalue weighted by molar-refractivity contribution is 7.99. The zero-order valence-corrected chi connectivity index (χ0v) is 14.5. The predicted molar refractivity (Wildman–Crippen MR) is 95.8 cm³/mol. The lowest BCUT2D eigenvalue weighted by Gasteiger charge is -2.04. The maximum Gasteiger partial charge on any atom is 0.208 e. The van der Waals surface area contributed by atoms with Gasteiger partial charge in [0.15, 0.2) is 5.82 Å². The quantitative estimate of drug-likeness (QED) is 0.521. The van der Waals surface area contributed by atoms with Gasteiger partial charge in [0.1, 0.15) is 11.5 Å². The smallest absolute Gasteiger partial charge is 0.208 e. The Morgan fingerprint density at radius 2 is 1.71 bits per heavy atom. The van der Waals surface area contributed by atoms with Gasteiger partial charge in [-0.25, -0.2) is 4.98 Å². The maximum absolute atomic E-state index is 5.70. The number of hydrogen-bond acceptors (Lipinski definition) is 5. The molecule has 124 valence electrons. The summed E-state index contributed by atoms with van der Waals surface area (Å²) >= 11 is 1.56. The molecule has 0 aliphatic rings. The molecule has 2 aromatic carbocycles. The first-order chi connectivity index (χ1) is 11.7. The van der Waals surface area contributed by atoms with Crippen molar-refractivity contribution in [1.29, 1.82) is 0 Å². The van der Waals surface area contributed by atoms with Crippen molar-refractivity contribution in [3.63, 3.8) is 0 Å². The number of hydrogen-bond donors (Lipinski definition) is 1. The molecule has 0 spiro atoms. The van der Waals surface area contributed by atoms with E-state index in [0.29, 0.717) is 11.8 Å². The average molecular weight is 341 g/mol. The first kappa shape index (κ1) is 16.4. The third-order valence-electron chi connectivity index (χ3n) is 3.43. The largest absolute Gasteiger partial charge is 0.497 e. The van der Waals surface area contributed by atoms with E-state index in [0.717, 1.165) is 28.6 Å². The summed E-state index contributed by atoms with van der Waals surface area (Å²) in [4.78, 5) is 4.49. The Bertz CT molecular complexity index is 770. The van der Waals surface area contributed by atoms with Crippen molar-refractivity contribution in [2.45, 2.75) is 12.1 Å². The van der Waals surface area contributed by atoms with Crippen molar-refractivity contribution in [1.82, 2.24) is 15.2 Å². The highest BCUT2D eigenvalue weighted by atomic mass is 32.2. The van der Waals surface area contributed by atoms with E-state index in [1.54, 1.807) is 18.9 Å². The Balaban J connectivity index is 1.49. The standard InChI is InChI=1S/C18H19N3O2S/c1-13-3-7-16(8-4-13)23-11-12-24-18-19-17(20-21-18)14-5-9-15(22-2)10-6-14/h3-10H,11-12H2,1-2H3,(H,19,20,21). The second-order valence-electron chi connectivity index (χ2n) is 5.21. The van der Waals surface area contributed by atoms with Crippen LogP contribution in [0.1, 0.15) is 5.56 Å². The van der Waals surface area contributed by atoms with E-state index in [9.17, 15) is 0 Å². The molecule has 3 aromatic rings. The molecule has 1 aromatic heterocycles. The first-order valence-electron chi connectivity index (χ1n) is 7.64. The molecule has 6 heteroatoms. The number of nitrogens with zero attached hydrogens (tertiary/aromatic N) is 2. The number of aryl methyl sites for hydroxylation is 1.